The summed E-state index contributed by atoms with van der Waals surface area (Å²) in [5.74, 6) is 0.411. The summed E-state index contributed by atoms with van der Waals surface area (Å²) in [6, 6.07) is 3.91. The molecule has 1 rings (SSSR count). The average Bonchev–Trinajstić information content (AvgIpc) is 2.25. The Labute approximate surface area is 85.2 Å². The molecule has 0 fully saturated rings. The molecule has 0 bridgehead atoms. The first-order valence-electron chi connectivity index (χ1n) is 5.07. The summed E-state index contributed by atoms with van der Waals surface area (Å²) in [5.41, 5.74) is 1.11. The van der Waals surface area contributed by atoms with E-state index in [1.165, 1.54) is 0 Å². The summed E-state index contributed by atoms with van der Waals surface area (Å²) in [6.07, 6.45) is 5.70. The van der Waals surface area contributed by atoms with E-state index in [0.717, 1.165) is 25.1 Å². The summed E-state index contributed by atoms with van der Waals surface area (Å²) >= 11 is 0. The lowest BCUT2D eigenvalue weighted by Crippen LogP contribution is -2.06. The fourth-order valence-corrected chi connectivity index (χ4v) is 1.24. The average molecular weight is 194 g/mol. The Balaban J connectivity index is 2.10. The van der Waals surface area contributed by atoms with Crippen molar-refractivity contribution in [2.45, 2.75) is 19.8 Å². The van der Waals surface area contributed by atoms with Gasteiger partial charge in [0.1, 0.15) is 0 Å². The maximum atomic E-state index is 8.82. The number of hydrogen-bond donors (Lipinski definition) is 2. The van der Waals surface area contributed by atoms with Gasteiger partial charge in [-0.15, -0.1) is 0 Å². The molecule has 78 valence electrons. The molecule has 1 aromatic heterocycles. The number of nitrogens with one attached hydrogen (secondary N) is 1. The lowest BCUT2D eigenvalue weighted by atomic mass is 10.1. The highest BCUT2D eigenvalue weighted by molar-refractivity contribution is 5.40. The van der Waals surface area contributed by atoms with Crippen molar-refractivity contribution in [2.24, 2.45) is 5.92 Å². The zero-order valence-corrected chi connectivity index (χ0v) is 8.61. The van der Waals surface area contributed by atoms with Crippen molar-refractivity contribution >= 4 is 5.69 Å². The predicted molar refractivity (Wildman–Crippen MR) is 58.2 cm³/mol. The predicted octanol–water partition coefficient (Wildman–Crippen LogP) is 1.90. The molecule has 0 saturated carbocycles. The molecule has 0 amide bonds. The van der Waals surface area contributed by atoms with Crippen LogP contribution >= 0.6 is 0 Å². The minimum absolute atomic E-state index is 0.287. The molecule has 0 aliphatic heterocycles. The van der Waals surface area contributed by atoms with Crippen molar-refractivity contribution in [3.63, 3.8) is 0 Å². The van der Waals surface area contributed by atoms with Crippen LogP contribution in [0.1, 0.15) is 19.8 Å². The number of rotatable bonds is 6. The van der Waals surface area contributed by atoms with Crippen LogP contribution in [0.5, 0.6) is 0 Å². The lowest BCUT2D eigenvalue weighted by Gasteiger charge is -2.08. The van der Waals surface area contributed by atoms with E-state index in [0.29, 0.717) is 5.92 Å². The van der Waals surface area contributed by atoms with Crippen LogP contribution in [0.25, 0.3) is 0 Å². The molecule has 0 aliphatic rings. The zero-order valence-electron chi connectivity index (χ0n) is 8.61. The van der Waals surface area contributed by atoms with E-state index in [1.807, 2.05) is 12.1 Å². The quantitative estimate of drug-likeness (QED) is 0.680. The van der Waals surface area contributed by atoms with E-state index < -0.39 is 0 Å². The molecular weight excluding hydrogens is 176 g/mol. The van der Waals surface area contributed by atoms with Gasteiger partial charge in [0.05, 0.1) is 0 Å². The third kappa shape index (κ3) is 4.23. The fourth-order valence-electron chi connectivity index (χ4n) is 1.24. The second-order valence-corrected chi connectivity index (χ2v) is 3.59. The molecule has 0 aromatic carbocycles. The van der Waals surface area contributed by atoms with E-state index in [1.54, 1.807) is 12.4 Å². The van der Waals surface area contributed by atoms with Gasteiger partial charge in [-0.2, -0.15) is 0 Å². The molecule has 1 unspecified atom stereocenters. The maximum absolute atomic E-state index is 8.82. The number of anilines is 1. The Morgan fingerprint density at radius 2 is 2.14 bits per heavy atom. The van der Waals surface area contributed by atoms with Crippen molar-refractivity contribution in [3.05, 3.63) is 24.5 Å². The number of aliphatic hydroxyl groups excluding tert-OH is 1. The Morgan fingerprint density at radius 1 is 1.43 bits per heavy atom. The van der Waals surface area contributed by atoms with E-state index >= 15 is 0 Å². The molecule has 1 heterocycles. The Hall–Kier alpha value is -1.09. The van der Waals surface area contributed by atoms with E-state index in [2.05, 4.69) is 17.2 Å². The van der Waals surface area contributed by atoms with Crippen LogP contribution in [0.15, 0.2) is 24.5 Å². The first kappa shape index (κ1) is 11.0. The minimum atomic E-state index is 0.287. The SMILES string of the molecule is CC(CO)CCCNc1ccncc1. The van der Waals surface area contributed by atoms with Gasteiger partial charge in [0.25, 0.3) is 0 Å². The Kier molecular flexibility index (Phi) is 5.00. The van der Waals surface area contributed by atoms with Gasteiger partial charge in [0, 0.05) is 31.2 Å². The summed E-state index contributed by atoms with van der Waals surface area (Å²) in [5, 5.41) is 12.1. The van der Waals surface area contributed by atoms with Crippen molar-refractivity contribution in [1.82, 2.24) is 4.98 Å². The van der Waals surface area contributed by atoms with Gasteiger partial charge in [-0.3, -0.25) is 4.98 Å². The smallest absolute Gasteiger partial charge is 0.0456 e. The molecule has 14 heavy (non-hydrogen) atoms. The Morgan fingerprint density at radius 3 is 2.79 bits per heavy atom. The van der Waals surface area contributed by atoms with Crippen molar-refractivity contribution in [1.29, 1.82) is 0 Å². The fraction of sp³-hybridized carbons (Fsp3) is 0.545. The number of nitrogens with zero attached hydrogens (tertiary/aromatic N) is 1. The standard InChI is InChI=1S/C11H18N2O/c1-10(9-14)3-2-6-13-11-4-7-12-8-5-11/h4-5,7-8,10,14H,2-3,6,9H2,1H3,(H,12,13). The minimum Gasteiger partial charge on any atom is -0.396 e. The van der Waals surface area contributed by atoms with Crippen LogP contribution in [0.4, 0.5) is 5.69 Å². The summed E-state index contributed by atoms with van der Waals surface area (Å²) in [6.45, 7) is 3.30. The molecule has 1 aromatic rings. The molecule has 3 heteroatoms. The number of pyridine rings is 1. The molecular formula is C11H18N2O. The highest BCUT2D eigenvalue weighted by Crippen LogP contribution is 2.06. The molecule has 0 aliphatic carbocycles. The molecule has 0 spiro atoms. The van der Waals surface area contributed by atoms with Gasteiger partial charge in [0.15, 0.2) is 0 Å². The second-order valence-electron chi connectivity index (χ2n) is 3.59. The van der Waals surface area contributed by atoms with Crippen molar-refractivity contribution in [2.75, 3.05) is 18.5 Å². The maximum Gasteiger partial charge on any atom is 0.0456 e. The first-order chi connectivity index (χ1) is 6.83. The van der Waals surface area contributed by atoms with Gasteiger partial charge in [-0.25, -0.2) is 0 Å². The van der Waals surface area contributed by atoms with E-state index in [4.69, 9.17) is 5.11 Å². The first-order valence-corrected chi connectivity index (χ1v) is 5.07. The van der Waals surface area contributed by atoms with Gasteiger partial charge < -0.3 is 10.4 Å². The highest BCUT2D eigenvalue weighted by Gasteiger charge is 1.98. The number of hydrogen-bond acceptors (Lipinski definition) is 3. The van der Waals surface area contributed by atoms with Gasteiger partial charge in [-0.05, 0) is 30.9 Å². The lowest BCUT2D eigenvalue weighted by molar-refractivity contribution is 0.229. The zero-order chi connectivity index (χ0) is 10.2. The van der Waals surface area contributed by atoms with Crippen LogP contribution in [-0.4, -0.2) is 23.2 Å². The summed E-state index contributed by atoms with van der Waals surface area (Å²) in [4.78, 5) is 3.94. The van der Waals surface area contributed by atoms with Crippen LogP contribution in [0, 0.1) is 5.92 Å². The Bertz CT molecular complexity index is 238. The van der Waals surface area contributed by atoms with Crippen molar-refractivity contribution in [3.8, 4) is 0 Å². The number of aliphatic hydroxyl groups is 1. The molecule has 0 radical (unpaired) electrons. The molecule has 1 atom stereocenters. The highest BCUT2D eigenvalue weighted by atomic mass is 16.3. The topological polar surface area (TPSA) is 45.1 Å². The summed E-state index contributed by atoms with van der Waals surface area (Å²) in [7, 11) is 0. The molecule has 2 N–H and O–H groups in total. The van der Waals surface area contributed by atoms with Crippen molar-refractivity contribution < 1.29 is 5.11 Å². The normalized spacial score (nSPS) is 12.4. The van der Waals surface area contributed by atoms with Gasteiger partial charge in [-0.1, -0.05) is 6.92 Å². The largest absolute Gasteiger partial charge is 0.396 e. The van der Waals surface area contributed by atoms with Crippen LogP contribution in [-0.2, 0) is 0 Å². The van der Waals surface area contributed by atoms with Crippen LogP contribution in [0.3, 0.4) is 0 Å². The monoisotopic (exact) mass is 194 g/mol. The van der Waals surface area contributed by atoms with E-state index in [9.17, 15) is 0 Å². The number of aromatic nitrogens is 1. The third-order valence-corrected chi connectivity index (χ3v) is 2.19. The van der Waals surface area contributed by atoms with Crippen LogP contribution in [0.2, 0.25) is 0 Å². The second kappa shape index (κ2) is 6.38. The van der Waals surface area contributed by atoms with Crippen LogP contribution < -0.4 is 5.32 Å². The van der Waals surface area contributed by atoms with E-state index in [-0.39, 0.29) is 6.61 Å². The summed E-state index contributed by atoms with van der Waals surface area (Å²) < 4.78 is 0. The van der Waals surface area contributed by atoms with Gasteiger partial charge in [0.2, 0.25) is 0 Å². The third-order valence-electron chi connectivity index (χ3n) is 2.19. The molecule has 3 nitrogen and oxygen atoms in total. The van der Waals surface area contributed by atoms with Gasteiger partial charge >= 0.3 is 0 Å². The molecule has 0 saturated heterocycles.